The summed E-state index contributed by atoms with van der Waals surface area (Å²) in [5.41, 5.74) is 0. The van der Waals surface area contributed by atoms with E-state index in [9.17, 15) is 4.79 Å². The Morgan fingerprint density at radius 2 is 2.57 bits per heavy atom. The van der Waals surface area contributed by atoms with Crippen molar-refractivity contribution in [3.8, 4) is 0 Å². The summed E-state index contributed by atoms with van der Waals surface area (Å²) in [5, 5.41) is 2.55. The molecule has 0 saturated heterocycles. The number of hydrogen-bond acceptors (Lipinski definition) is 1. The molecule has 1 atom stereocenters. The van der Waals surface area contributed by atoms with Gasteiger partial charge in [-0.05, 0) is 13.3 Å². The van der Waals surface area contributed by atoms with Crippen molar-refractivity contribution < 1.29 is 4.79 Å². The minimum Gasteiger partial charge on any atom is -0.356 e. The Balaban J connectivity index is 2.98. The quantitative estimate of drug-likeness (QED) is 0.509. The summed E-state index contributed by atoms with van der Waals surface area (Å²) in [6, 6.07) is 0.220. The van der Waals surface area contributed by atoms with E-state index in [4.69, 9.17) is 0 Å². The number of nitrogens with one attached hydrogen (secondary N) is 1. The molecule has 0 aliphatic heterocycles. The molecule has 1 radical (unpaired) electrons. The van der Waals surface area contributed by atoms with Gasteiger partial charge in [0.1, 0.15) is 0 Å². The lowest BCUT2D eigenvalue weighted by molar-refractivity contribution is -0.110. The lowest BCUT2D eigenvalue weighted by Crippen LogP contribution is -2.22. The molecule has 0 saturated carbocycles. The SMILES string of the molecule is [CH2]CC(C)NC=O. The van der Waals surface area contributed by atoms with Gasteiger partial charge in [0, 0.05) is 6.04 Å². The molecule has 0 rings (SSSR count). The molecule has 0 aromatic carbocycles. The minimum atomic E-state index is 0.220. The first-order valence-corrected chi connectivity index (χ1v) is 2.30. The summed E-state index contributed by atoms with van der Waals surface area (Å²) in [6.45, 7) is 5.49. The van der Waals surface area contributed by atoms with Gasteiger partial charge >= 0.3 is 0 Å². The summed E-state index contributed by atoms with van der Waals surface area (Å²) >= 11 is 0. The van der Waals surface area contributed by atoms with Gasteiger partial charge < -0.3 is 5.32 Å². The van der Waals surface area contributed by atoms with E-state index in [1.807, 2.05) is 6.92 Å². The van der Waals surface area contributed by atoms with E-state index in [-0.39, 0.29) is 6.04 Å². The molecule has 0 fully saturated rings. The van der Waals surface area contributed by atoms with Crippen LogP contribution < -0.4 is 5.32 Å². The molecule has 41 valence electrons. The highest BCUT2D eigenvalue weighted by Crippen LogP contribution is 1.82. The maximum Gasteiger partial charge on any atom is 0.207 e. The molecule has 2 heteroatoms. The van der Waals surface area contributed by atoms with Crippen molar-refractivity contribution in [1.29, 1.82) is 0 Å². The number of amides is 1. The van der Waals surface area contributed by atoms with E-state index in [1.165, 1.54) is 0 Å². The summed E-state index contributed by atoms with van der Waals surface area (Å²) in [7, 11) is 0. The maximum atomic E-state index is 9.64. The Morgan fingerprint density at radius 1 is 2.00 bits per heavy atom. The van der Waals surface area contributed by atoms with Gasteiger partial charge in [-0.15, -0.1) is 0 Å². The van der Waals surface area contributed by atoms with E-state index in [0.717, 1.165) is 6.42 Å². The average molecular weight is 100 g/mol. The van der Waals surface area contributed by atoms with Gasteiger partial charge in [0.2, 0.25) is 6.41 Å². The molecule has 0 aromatic rings. The lowest BCUT2D eigenvalue weighted by atomic mass is 10.3. The van der Waals surface area contributed by atoms with Crippen molar-refractivity contribution >= 4 is 6.41 Å². The van der Waals surface area contributed by atoms with Crippen LogP contribution in [0.2, 0.25) is 0 Å². The minimum absolute atomic E-state index is 0.220. The normalized spacial score (nSPS) is 12.9. The summed E-state index contributed by atoms with van der Waals surface area (Å²) in [4.78, 5) is 9.64. The van der Waals surface area contributed by atoms with Gasteiger partial charge in [-0.1, -0.05) is 6.92 Å². The third kappa shape index (κ3) is 3.30. The Kier molecular flexibility index (Phi) is 3.38. The van der Waals surface area contributed by atoms with Crippen molar-refractivity contribution in [1.82, 2.24) is 5.32 Å². The summed E-state index contributed by atoms with van der Waals surface area (Å²) in [5.74, 6) is 0. The number of carbonyl (C=O) groups is 1. The number of carbonyl (C=O) groups excluding carboxylic acids is 1. The van der Waals surface area contributed by atoms with Crippen molar-refractivity contribution in [3.63, 3.8) is 0 Å². The van der Waals surface area contributed by atoms with Gasteiger partial charge in [-0.25, -0.2) is 0 Å². The van der Waals surface area contributed by atoms with Crippen LogP contribution in [-0.4, -0.2) is 12.5 Å². The highest BCUT2D eigenvalue weighted by Gasteiger charge is 1.89. The molecular weight excluding hydrogens is 90.1 g/mol. The van der Waals surface area contributed by atoms with E-state index in [1.54, 1.807) is 0 Å². The Hall–Kier alpha value is -0.530. The second kappa shape index (κ2) is 3.65. The zero-order valence-electron chi connectivity index (χ0n) is 4.48. The number of hydrogen-bond donors (Lipinski definition) is 1. The monoisotopic (exact) mass is 100 g/mol. The Morgan fingerprint density at radius 3 is 2.71 bits per heavy atom. The van der Waals surface area contributed by atoms with Crippen LogP contribution in [0.4, 0.5) is 0 Å². The Labute approximate surface area is 43.9 Å². The summed E-state index contributed by atoms with van der Waals surface area (Å²) in [6.07, 6.45) is 1.44. The molecule has 0 spiro atoms. The second-order valence-electron chi connectivity index (χ2n) is 1.47. The van der Waals surface area contributed by atoms with Gasteiger partial charge in [0.25, 0.3) is 0 Å². The molecule has 0 aliphatic rings. The van der Waals surface area contributed by atoms with Crippen molar-refractivity contribution in [3.05, 3.63) is 6.92 Å². The maximum absolute atomic E-state index is 9.64. The standard InChI is InChI=1S/C5H10NO/c1-3-5(2)6-4-7/h4-5H,1,3H2,2H3,(H,6,7). The molecule has 0 bridgehead atoms. The largest absolute Gasteiger partial charge is 0.356 e. The molecule has 0 heterocycles. The molecule has 1 unspecified atom stereocenters. The molecular formula is C5H10NO. The first-order valence-electron chi connectivity index (χ1n) is 2.30. The zero-order valence-corrected chi connectivity index (χ0v) is 4.48. The summed E-state index contributed by atoms with van der Waals surface area (Å²) < 4.78 is 0. The smallest absolute Gasteiger partial charge is 0.207 e. The van der Waals surface area contributed by atoms with Gasteiger partial charge in [-0.2, -0.15) is 0 Å². The fourth-order valence-corrected chi connectivity index (χ4v) is 0.199. The van der Waals surface area contributed by atoms with E-state index >= 15 is 0 Å². The van der Waals surface area contributed by atoms with Gasteiger partial charge in [0.15, 0.2) is 0 Å². The highest BCUT2D eigenvalue weighted by molar-refractivity contribution is 5.46. The van der Waals surface area contributed by atoms with Crippen LogP contribution in [0.3, 0.4) is 0 Å². The second-order valence-corrected chi connectivity index (χ2v) is 1.47. The number of rotatable bonds is 3. The predicted octanol–water partition coefficient (Wildman–Crippen LogP) is 0.345. The van der Waals surface area contributed by atoms with Crippen molar-refractivity contribution in [2.24, 2.45) is 0 Å². The third-order valence-electron chi connectivity index (χ3n) is 0.786. The van der Waals surface area contributed by atoms with Crippen LogP contribution in [0.25, 0.3) is 0 Å². The van der Waals surface area contributed by atoms with Gasteiger partial charge in [0.05, 0.1) is 0 Å². The molecule has 2 nitrogen and oxygen atoms in total. The van der Waals surface area contributed by atoms with E-state index in [2.05, 4.69) is 12.2 Å². The predicted molar refractivity (Wildman–Crippen MR) is 28.6 cm³/mol. The highest BCUT2D eigenvalue weighted by atomic mass is 16.1. The molecule has 0 aromatic heterocycles. The van der Waals surface area contributed by atoms with Crippen LogP contribution >= 0.6 is 0 Å². The fourth-order valence-electron chi connectivity index (χ4n) is 0.199. The van der Waals surface area contributed by atoms with Crippen LogP contribution in [0, 0.1) is 6.92 Å². The first kappa shape index (κ1) is 6.47. The molecule has 1 N–H and O–H groups in total. The van der Waals surface area contributed by atoms with Gasteiger partial charge in [-0.3, -0.25) is 4.79 Å². The average Bonchev–Trinajstić information content (AvgIpc) is 1.68. The van der Waals surface area contributed by atoms with Crippen molar-refractivity contribution in [2.75, 3.05) is 0 Å². The fraction of sp³-hybridized carbons (Fsp3) is 0.600. The van der Waals surface area contributed by atoms with E-state index in [0.29, 0.717) is 6.41 Å². The van der Waals surface area contributed by atoms with Crippen molar-refractivity contribution in [2.45, 2.75) is 19.4 Å². The lowest BCUT2D eigenvalue weighted by Gasteiger charge is -2.02. The van der Waals surface area contributed by atoms with Crippen LogP contribution in [0.1, 0.15) is 13.3 Å². The topological polar surface area (TPSA) is 29.1 Å². The van der Waals surface area contributed by atoms with E-state index < -0.39 is 0 Å². The third-order valence-corrected chi connectivity index (χ3v) is 0.786. The van der Waals surface area contributed by atoms with Crippen LogP contribution in [0.15, 0.2) is 0 Å². The van der Waals surface area contributed by atoms with Crippen LogP contribution in [-0.2, 0) is 4.79 Å². The zero-order chi connectivity index (χ0) is 5.70. The first-order chi connectivity index (χ1) is 3.31. The Bertz CT molecular complexity index is 54.0. The van der Waals surface area contributed by atoms with Crippen LogP contribution in [0.5, 0.6) is 0 Å². The molecule has 1 amide bonds. The molecule has 0 aliphatic carbocycles. The molecule has 7 heavy (non-hydrogen) atoms.